The largest absolute Gasteiger partial charge is 0.395 e. The molecule has 0 atom stereocenters. The summed E-state index contributed by atoms with van der Waals surface area (Å²) in [5, 5.41) is 8.95. The van der Waals surface area contributed by atoms with Crippen LogP contribution in [0.2, 0.25) is 0 Å². The molecule has 17 heavy (non-hydrogen) atoms. The molecule has 0 unspecified atom stereocenters. The van der Waals surface area contributed by atoms with Gasteiger partial charge in [-0.25, -0.2) is 0 Å². The van der Waals surface area contributed by atoms with E-state index in [1.165, 1.54) is 0 Å². The maximum Gasteiger partial charge on any atom is 0.255 e. The molecular weight excluding hydrogens is 302 g/mol. The van der Waals surface area contributed by atoms with Crippen LogP contribution in [-0.4, -0.2) is 35.6 Å². The third-order valence-electron chi connectivity index (χ3n) is 2.34. The Morgan fingerprint density at radius 1 is 1.47 bits per heavy atom. The van der Waals surface area contributed by atoms with Crippen molar-refractivity contribution in [3.63, 3.8) is 0 Å². The van der Waals surface area contributed by atoms with Gasteiger partial charge in [0.05, 0.1) is 12.2 Å². The molecule has 0 aliphatic rings. The quantitative estimate of drug-likeness (QED) is 0.819. The monoisotopic (exact) mass is 317 g/mol. The predicted octanol–water partition coefficient (Wildman–Crippen LogP) is 2.58. The Morgan fingerprint density at radius 2 is 2.18 bits per heavy atom. The summed E-state index contributed by atoms with van der Waals surface area (Å²) in [7, 11) is 0. The van der Waals surface area contributed by atoms with E-state index < -0.39 is 0 Å². The lowest BCUT2D eigenvalue weighted by Gasteiger charge is -2.21. The topological polar surface area (TPSA) is 40.5 Å². The molecule has 1 N–H and O–H groups in total. The molecule has 0 bridgehead atoms. The first kappa shape index (κ1) is 14.5. The van der Waals surface area contributed by atoms with Crippen LogP contribution in [-0.2, 0) is 0 Å². The van der Waals surface area contributed by atoms with Gasteiger partial charge in [-0.1, -0.05) is 22.9 Å². The van der Waals surface area contributed by atoms with E-state index in [0.29, 0.717) is 23.5 Å². The number of nitrogens with zero attached hydrogens (tertiary/aromatic N) is 1. The Kier molecular flexibility index (Phi) is 6.02. The summed E-state index contributed by atoms with van der Waals surface area (Å²) in [5.74, 6) is -0.0848. The maximum atomic E-state index is 12.2. The minimum absolute atomic E-state index is 0.0236. The lowest BCUT2D eigenvalue weighted by molar-refractivity contribution is 0.0718. The number of amides is 1. The number of thiol groups is 1. The molecule has 0 aliphatic heterocycles. The van der Waals surface area contributed by atoms with Gasteiger partial charge in [0.2, 0.25) is 0 Å². The normalized spacial score (nSPS) is 10.4. The van der Waals surface area contributed by atoms with Crippen molar-refractivity contribution in [2.24, 2.45) is 0 Å². The van der Waals surface area contributed by atoms with Crippen LogP contribution in [0.3, 0.4) is 0 Å². The molecule has 0 radical (unpaired) electrons. The first-order valence-corrected chi connectivity index (χ1v) is 6.72. The van der Waals surface area contributed by atoms with Crippen LogP contribution in [0, 0.1) is 0 Å². The highest BCUT2D eigenvalue weighted by molar-refractivity contribution is 9.10. The number of halogens is 1. The van der Waals surface area contributed by atoms with Gasteiger partial charge in [0.25, 0.3) is 5.91 Å². The van der Waals surface area contributed by atoms with Crippen molar-refractivity contribution in [1.29, 1.82) is 0 Å². The van der Waals surface area contributed by atoms with E-state index in [1.54, 1.807) is 17.0 Å². The molecule has 0 heterocycles. The fraction of sp³-hybridized carbons (Fsp3) is 0.417. The highest BCUT2D eigenvalue weighted by Gasteiger charge is 2.16. The summed E-state index contributed by atoms with van der Waals surface area (Å²) >= 11 is 7.63. The van der Waals surface area contributed by atoms with Crippen molar-refractivity contribution in [1.82, 2.24) is 4.90 Å². The fourth-order valence-electron chi connectivity index (χ4n) is 1.56. The van der Waals surface area contributed by atoms with Gasteiger partial charge in [-0.2, -0.15) is 0 Å². The van der Waals surface area contributed by atoms with Crippen LogP contribution in [0.4, 0.5) is 0 Å². The van der Waals surface area contributed by atoms with Crippen molar-refractivity contribution in [3.8, 4) is 0 Å². The zero-order valence-corrected chi connectivity index (χ0v) is 12.2. The average molecular weight is 318 g/mol. The Hall–Kier alpha value is -0.520. The number of aliphatic hydroxyl groups excluding tert-OH is 1. The van der Waals surface area contributed by atoms with Crippen LogP contribution in [0.1, 0.15) is 23.7 Å². The highest BCUT2D eigenvalue weighted by atomic mass is 79.9. The second-order valence-electron chi connectivity index (χ2n) is 3.68. The van der Waals surface area contributed by atoms with Crippen molar-refractivity contribution >= 4 is 34.5 Å². The lowest BCUT2D eigenvalue weighted by atomic mass is 10.2. The van der Waals surface area contributed by atoms with Gasteiger partial charge in [-0.05, 0) is 24.6 Å². The van der Waals surface area contributed by atoms with Crippen LogP contribution in [0.25, 0.3) is 0 Å². The smallest absolute Gasteiger partial charge is 0.255 e. The Bertz CT molecular complexity index is 392. The van der Waals surface area contributed by atoms with E-state index >= 15 is 0 Å². The van der Waals surface area contributed by atoms with Gasteiger partial charge in [0, 0.05) is 22.5 Å². The van der Waals surface area contributed by atoms with Crippen LogP contribution in [0.5, 0.6) is 0 Å². The third kappa shape index (κ3) is 4.01. The van der Waals surface area contributed by atoms with E-state index in [1.807, 2.05) is 13.0 Å². The van der Waals surface area contributed by atoms with Gasteiger partial charge >= 0.3 is 0 Å². The number of benzene rings is 1. The maximum absolute atomic E-state index is 12.2. The summed E-state index contributed by atoms with van der Waals surface area (Å²) in [4.78, 5) is 14.5. The molecule has 0 saturated carbocycles. The molecular formula is C12H16BrNO2S. The van der Waals surface area contributed by atoms with E-state index in [9.17, 15) is 4.79 Å². The minimum atomic E-state index is -0.0848. The molecule has 1 aromatic rings. The summed E-state index contributed by atoms with van der Waals surface area (Å²) in [6.07, 6.45) is 0.865. The molecule has 0 fully saturated rings. The predicted molar refractivity (Wildman–Crippen MR) is 74.7 cm³/mol. The number of aliphatic hydroxyl groups is 1. The molecule has 0 aliphatic carbocycles. The number of rotatable bonds is 5. The van der Waals surface area contributed by atoms with Crippen molar-refractivity contribution < 1.29 is 9.90 Å². The molecule has 0 saturated heterocycles. The molecule has 3 nitrogen and oxygen atoms in total. The van der Waals surface area contributed by atoms with Crippen LogP contribution < -0.4 is 0 Å². The lowest BCUT2D eigenvalue weighted by Crippen LogP contribution is -2.34. The summed E-state index contributed by atoms with van der Waals surface area (Å²) in [6, 6.07) is 5.35. The average Bonchev–Trinajstić information content (AvgIpc) is 2.28. The first-order chi connectivity index (χ1) is 8.10. The Morgan fingerprint density at radius 3 is 2.71 bits per heavy atom. The zero-order valence-electron chi connectivity index (χ0n) is 9.69. The summed E-state index contributed by atoms with van der Waals surface area (Å²) in [6.45, 7) is 2.98. The molecule has 94 valence electrons. The third-order valence-corrected chi connectivity index (χ3v) is 3.20. The van der Waals surface area contributed by atoms with Gasteiger partial charge in [0.15, 0.2) is 0 Å². The number of hydrogen-bond acceptors (Lipinski definition) is 3. The fourth-order valence-corrected chi connectivity index (χ4v) is 2.41. The van der Waals surface area contributed by atoms with Gasteiger partial charge < -0.3 is 10.0 Å². The van der Waals surface area contributed by atoms with Crippen LogP contribution >= 0.6 is 28.6 Å². The second-order valence-corrected chi connectivity index (χ2v) is 5.07. The molecule has 0 aromatic heterocycles. The van der Waals surface area contributed by atoms with Crippen LogP contribution in [0.15, 0.2) is 27.6 Å². The summed E-state index contributed by atoms with van der Waals surface area (Å²) < 4.78 is 0.892. The molecule has 5 heteroatoms. The van der Waals surface area contributed by atoms with Gasteiger partial charge in [-0.15, -0.1) is 12.6 Å². The Labute approximate surface area is 115 Å². The van der Waals surface area contributed by atoms with E-state index in [0.717, 1.165) is 10.9 Å². The van der Waals surface area contributed by atoms with E-state index in [4.69, 9.17) is 5.11 Å². The minimum Gasteiger partial charge on any atom is -0.395 e. The number of hydrogen-bond donors (Lipinski definition) is 2. The molecule has 1 amide bonds. The SMILES string of the molecule is CCCN(CCO)C(=O)c1ccc(Br)cc1S. The highest BCUT2D eigenvalue weighted by Crippen LogP contribution is 2.21. The summed E-state index contributed by atoms with van der Waals surface area (Å²) in [5.41, 5.74) is 0.568. The molecule has 1 rings (SSSR count). The first-order valence-electron chi connectivity index (χ1n) is 5.48. The Balaban J connectivity index is 2.92. The number of carbonyl (C=O) groups is 1. The molecule has 0 spiro atoms. The van der Waals surface area contributed by atoms with Crippen molar-refractivity contribution in [2.75, 3.05) is 19.7 Å². The van der Waals surface area contributed by atoms with Crippen molar-refractivity contribution in [3.05, 3.63) is 28.2 Å². The standard InChI is InChI=1S/C12H16BrNO2S/c1-2-5-14(6-7-15)12(16)10-4-3-9(13)8-11(10)17/h3-4,8,15,17H,2,5-7H2,1H3. The van der Waals surface area contributed by atoms with E-state index in [-0.39, 0.29) is 12.5 Å². The molecule has 1 aromatic carbocycles. The van der Waals surface area contributed by atoms with Crippen molar-refractivity contribution in [2.45, 2.75) is 18.2 Å². The van der Waals surface area contributed by atoms with E-state index in [2.05, 4.69) is 28.6 Å². The van der Waals surface area contributed by atoms with Gasteiger partial charge in [-0.3, -0.25) is 4.79 Å². The second kappa shape index (κ2) is 7.03. The van der Waals surface area contributed by atoms with Gasteiger partial charge in [0.1, 0.15) is 0 Å². The number of carbonyl (C=O) groups excluding carboxylic acids is 1. The zero-order chi connectivity index (χ0) is 12.8.